The Labute approximate surface area is 123 Å². The Hall–Kier alpha value is -1.56. The Kier molecular flexibility index (Phi) is 4.04. The van der Waals surface area contributed by atoms with E-state index >= 15 is 0 Å². The summed E-state index contributed by atoms with van der Waals surface area (Å²) in [7, 11) is 0. The van der Waals surface area contributed by atoms with Gasteiger partial charge in [0, 0.05) is 12.1 Å². The monoisotopic (exact) mass is 342 g/mol. The molecule has 106 valence electrons. The number of ketones is 1. The molecule has 0 saturated carbocycles. The minimum Gasteiger partial charge on any atom is -0.287 e. The molecule has 0 saturated heterocycles. The highest BCUT2D eigenvalue weighted by molar-refractivity contribution is 9.10. The molecule has 1 heterocycles. The van der Waals surface area contributed by atoms with Gasteiger partial charge in [-0.1, -0.05) is 0 Å². The van der Waals surface area contributed by atoms with Gasteiger partial charge in [0.25, 0.3) is 0 Å². The van der Waals surface area contributed by atoms with Crippen molar-refractivity contribution in [3.63, 3.8) is 0 Å². The third-order valence-corrected chi connectivity index (χ3v) is 3.53. The van der Waals surface area contributed by atoms with Crippen LogP contribution < -0.4 is 0 Å². The van der Waals surface area contributed by atoms with Crippen molar-refractivity contribution in [1.29, 1.82) is 0 Å². The molecule has 0 bridgehead atoms. The summed E-state index contributed by atoms with van der Waals surface area (Å²) >= 11 is 3.24. The van der Waals surface area contributed by atoms with Gasteiger partial charge in [0.15, 0.2) is 0 Å². The molecule has 0 spiro atoms. The Morgan fingerprint density at radius 2 is 1.95 bits per heavy atom. The maximum Gasteiger partial charge on any atom is 0.215 e. The molecule has 0 radical (unpaired) electrons. The van der Waals surface area contributed by atoms with Gasteiger partial charge in [0.1, 0.15) is 17.3 Å². The Morgan fingerprint density at radius 1 is 1.30 bits per heavy atom. The van der Waals surface area contributed by atoms with Crippen molar-refractivity contribution in [3.8, 4) is 0 Å². The summed E-state index contributed by atoms with van der Waals surface area (Å²) in [5, 5.41) is 4.08. The summed E-state index contributed by atoms with van der Waals surface area (Å²) in [4.78, 5) is 12.5. The van der Waals surface area contributed by atoms with Gasteiger partial charge in [0.05, 0.1) is 16.2 Å². The highest BCUT2D eigenvalue weighted by Gasteiger charge is 2.23. The molecule has 0 aliphatic carbocycles. The fraction of sp³-hybridized carbons (Fsp3) is 0.286. The van der Waals surface area contributed by atoms with E-state index in [1.807, 2.05) is 13.8 Å². The second kappa shape index (κ2) is 5.44. The number of rotatable bonds is 3. The molecule has 0 atom stereocenters. The van der Waals surface area contributed by atoms with Crippen LogP contribution in [0.3, 0.4) is 0 Å². The lowest BCUT2D eigenvalue weighted by Crippen LogP contribution is -2.15. The zero-order valence-corrected chi connectivity index (χ0v) is 12.8. The van der Waals surface area contributed by atoms with Gasteiger partial charge >= 0.3 is 0 Å². The third kappa shape index (κ3) is 2.52. The van der Waals surface area contributed by atoms with Crippen LogP contribution in [0, 0.1) is 18.6 Å². The summed E-state index contributed by atoms with van der Waals surface area (Å²) in [5.41, 5.74) is 0.318. The third-order valence-electron chi connectivity index (χ3n) is 2.95. The van der Waals surface area contributed by atoms with E-state index in [-0.39, 0.29) is 22.9 Å². The van der Waals surface area contributed by atoms with E-state index in [2.05, 4.69) is 21.0 Å². The van der Waals surface area contributed by atoms with Crippen LogP contribution in [0.5, 0.6) is 0 Å². The lowest BCUT2D eigenvalue weighted by Gasteiger charge is -2.11. The summed E-state index contributed by atoms with van der Waals surface area (Å²) in [6.07, 6.45) is 1.49. The van der Waals surface area contributed by atoms with Crippen molar-refractivity contribution in [1.82, 2.24) is 9.78 Å². The number of halogens is 3. The van der Waals surface area contributed by atoms with Crippen LogP contribution in [0.25, 0.3) is 0 Å². The molecule has 6 heteroatoms. The van der Waals surface area contributed by atoms with Gasteiger partial charge in [0.2, 0.25) is 5.78 Å². The van der Waals surface area contributed by atoms with Crippen LogP contribution in [-0.2, 0) is 0 Å². The van der Waals surface area contributed by atoms with Crippen LogP contribution in [0.15, 0.2) is 22.8 Å². The number of carbonyl (C=O) groups excluding carboxylic acids is 1. The molecular formula is C14H13BrF2N2O. The molecule has 0 amide bonds. The first-order valence-corrected chi connectivity index (χ1v) is 6.85. The average Bonchev–Trinajstić information content (AvgIpc) is 2.75. The fourth-order valence-corrected chi connectivity index (χ4v) is 2.36. The van der Waals surface area contributed by atoms with E-state index in [9.17, 15) is 13.6 Å². The van der Waals surface area contributed by atoms with Crippen molar-refractivity contribution in [3.05, 3.63) is 51.3 Å². The van der Waals surface area contributed by atoms with Crippen molar-refractivity contribution in [2.75, 3.05) is 0 Å². The highest BCUT2D eigenvalue weighted by atomic mass is 79.9. The van der Waals surface area contributed by atoms with Crippen molar-refractivity contribution in [2.45, 2.75) is 26.8 Å². The highest BCUT2D eigenvalue weighted by Crippen LogP contribution is 2.25. The molecule has 0 aliphatic heterocycles. The summed E-state index contributed by atoms with van der Waals surface area (Å²) in [6.45, 7) is 5.21. The molecule has 0 N–H and O–H groups in total. The number of aromatic nitrogens is 2. The van der Waals surface area contributed by atoms with Crippen LogP contribution in [0.2, 0.25) is 0 Å². The average molecular weight is 343 g/mol. The summed E-state index contributed by atoms with van der Waals surface area (Å²) in [5.74, 6) is -2.07. The molecule has 0 aliphatic rings. The standard InChI is InChI=1S/C14H13BrF2N2O/c1-7(2)19-13(10(15)6-18-19)14(20)9-4-8(3)11(16)5-12(9)17/h4-7H,1-3H3. The second-order valence-corrected chi connectivity index (χ2v) is 5.64. The number of aryl methyl sites for hydroxylation is 1. The summed E-state index contributed by atoms with van der Waals surface area (Å²) < 4.78 is 29.1. The quantitative estimate of drug-likeness (QED) is 0.789. The van der Waals surface area contributed by atoms with Crippen LogP contribution in [0.4, 0.5) is 8.78 Å². The predicted molar refractivity (Wildman–Crippen MR) is 74.8 cm³/mol. The first-order chi connectivity index (χ1) is 9.32. The molecule has 1 aromatic heterocycles. The van der Waals surface area contributed by atoms with Crippen molar-refractivity contribution < 1.29 is 13.6 Å². The van der Waals surface area contributed by atoms with Crippen molar-refractivity contribution in [2.24, 2.45) is 0 Å². The number of carbonyl (C=O) groups is 1. The van der Waals surface area contributed by atoms with E-state index in [0.29, 0.717) is 4.47 Å². The number of nitrogens with zero attached hydrogens (tertiary/aromatic N) is 2. The number of hydrogen-bond donors (Lipinski definition) is 0. The first-order valence-electron chi connectivity index (χ1n) is 6.06. The lowest BCUT2D eigenvalue weighted by atomic mass is 10.0. The van der Waals surface area contributed by atoms with Gasteiger partial charge in [-0.2, -0.15) is 5.10 Å². The zero-order valence-electron chi connectivity index (χ0n) is 11.2. The molecule has 0 unspecified atom stereocenters. The number of hydrogen-bond acceptors (Lipinski definition) is 2. The van der Waals surface area contributed by atoms with E-state index in [1.54, 1.807) is 0 Å². The Morgan fingerprint density at radius 3 is 2.55 bits per heavy atom. The Balaban J connectivity index is 2.58. The normalized spacial score (nSPS) is 11.2. The zero-order chi connectivity index (χ0) is 15.0. The van der Waals surface area contributed by atoms with Crippen LogP contribution in [0.1, 0.15) is 41.5 Å². The van der Waals surface area contributed by atoms with Gasteiger partial charge in [-0.05, 0) is 48.3 Å². The molecule has 0 fully saturated rings. The minimum atomic E-state index is -0.874. The van der Waals surface area contributed by atoms with E-state index < -0.39 is 17.4 Å². The van der Waals surface area contributed by atoms with Gasteiger partial charge in [-0.25, -0.2) is 8.78 Å². The van der Waals surface area contributed by atoms with Crippen LogP contribution in [-0.4, -0.2) is 15.6 Å². The van der Waals surface area contributed by atoms with Gasteiger partial charge in [-0.3, -0.25) is 9.48 Å². The molecule has 2 aromatic rings. The molecule has 3 nitrogen and oxygen atoms in total. The maximum atomic E-state index is 13.8. The molecular weight excluding hydrogens is 330 g/mol. The van der Waals surface area contributed by atoms with Gasteiger partial charge in [-0.15, -0.1) is 0 Å². The second-order valence-electron chi connectivity index (χ2n) is 4.79. The van der Waals surface area contributed by atoms with E-state index in [4.69, 9.17) is 0 Å². The minimum absolute atomic E-state index is 0.0511. The van der Waals surface area contributed by atoms with Crippen molar-refractivity contribution >= 4 is 21.7 Å². The van der Waals surface area contributed by atoms with Crippen LogP contribution >= 0.6 is 15.9 Å². The molecule has 2 rings (SSSR count). The predicted octanol–water partition coefficient (Wildman–Crippen LogP) is 4.04. The summed E-state index contributed by atoms with van der Waals surface area (Å²) in [6, 6.07) is 1.90. The van der Waals surface area contributed by atoms with Gasteiger partial charge < -0.3 is 0 Å². The lowest BCUT2D eigenvalue weighted by molar-refractivity contribution is 0.102. The molecule has 20 heavy (non-hydrogen) atoms. The van der Waals surface area contributed by atoms with E-state index in [1.165, 1.54) is 23.9 Å². The Bertz CT molecular complexity index is 680. The topological polar surface area (TPSA) is 34.9 Å². The van der Waals surface area contributed by atoms with E-state index in [0.717, 1.165) is 6.07 Å². The largest absolute Gasteiger partial charge is 0.287 e. The SMILES string of the molecule is Cc1cc(C(=O)c2c(Br)cnn2C(C)C)c(F)cc1F. The molecule has 1 aromatic carbocycles. The smallest absolute Gasteiger partial charge is 0.215 e. The first kappa shape index (κ1) is 14.8. The maximum absolute atomic E-state index is 13.8. The fourth-order valence-electron chi connectivity index (χ4n) is 1.90. The number of benzene rings is 1.